The van der Waals surface area contributed by atoms with Crippen molar-refractivity contribution in [3.63, 3.8) is 0 Å². The second-order valence-electron chi connectivity index (χ2n) is 3.73. The molecule has 1 amide bonds. The third-order valence-electron chi connectivity index (χ3n) is 2.52. The van der Waals surface area contributed by atoms with E-state index in [4.69, 9.17) is 5.11 Å². The monoisotopic (exact) mass is 215 g/mol. The fourth-order valence-corrected chi connectivity index (χ4v) is 1.38. The molecule has 0 saturated heterocycles. The molecule has 0 bridgehead atoms. The number of carbonyl (C=O) groups is 2. The fourth-order valence-electron chi connectivity index (χ4n) is 1.38. The van der Waals surface area contributed by atoms with Crippen molar-refractivity contribution in [3.05, 3.63) is 0 Å². The number of carboxylic acid groups (broad SMARTS) is 1. The van der Waals surface area contributed by atoms with Crippen molar-refractivity contribution in [2.24, 2.45) is 5.92 Å². The number of nitrogens with one attached hydrogen (secondary N) is 1. The first-order chi connectivity index (χ1) is 7.10. The van der Waals surface area contributed by atoms with Gasteiger partial charge in [0.2, 0.25) is 5.91 Å². The molecule has 0 aromatic heterocycles. The topological polar surface area (TPSA) is 66.4 Å². The molecule has 0 radical (unpaired) electrons. The Bertz CT molecular complexity index is 200. The molecule has 4 nitrogen and oxygen atoms in total. The molecule has 0 unspecified atom stereocenters. The van der Waals surface area contributed by atoms with Crippen LogP contribution in [0.2, 0.25) is 0 Å². The molecule has 2 N–H and O–H groups in total. The van der Waals surface area contributed by atoms with Gasteiger partial charge in [-0.3, -0.25) is 9.59 Å². The van der Waals surface area contributed by atoms with Crippen molar-refractivity contribution in [1.29, 1.82) is 0 Å². The summed E-state index contributed by atoms with van der Waals surface area (Å²) in [5.41, 5.74) is 0. The molecule has 0 saturated carbocycles. The van der Waals surface area contributed by atoms with Crippen molar-refractivity contribution >= 4 is 11.9 Å². The number of hydrogen-bond acceptors (Lipinski definition) is 2. The molecule has 0 rings (SSSR count). The minimum atomic E-state index is -0.816. The Morgan fingerprint density at radius 3 is 2.33 bits per heavy atom. The second kappa shape index (κ2) is 8.26. The first-order valence-corrected chi connectivity index (χ1v) is 5.58. The third-order valence-corrected chi connectivity index (χ3v) is 2.52. The van der Waals surface area contributed by atoms with E-state index in [1.165, 1.54) is 0 Å². The summed E-state index contributed by atoms with van der Waals surface area (Å²) in [4.78, 5) is 21.6. The Hall–Kier alpha value is -1.06. The summed E-state index contributed by atoms with van der Waals surface area (Å²) in [5.74, 6) is -0.331. The van der Waals surface area contributed by atoms with E-state index < -0.39 is 5.97 Å². The van der Waals surface area contributed by atoms with E-state index in [-0.39, 0.29) is 12.3 Å². The zero-order valence-corrected chi connectivity index (χ0v) is 9.58. The lowest BCUT2D eigenvalue weighted by molar-refractivity contribution is -0.137. The van der Waals surface area contributed by atoms with Gasteiger partial charge in [-0.05, 0) is 12.3 Å². The van der Waals surface area contributed by atoms with Gasteiger partial charge in [-0.15, -0.1) is 0 Å². The molecule has 0 atom stereocenters. The average Bonchev–Trinajstić information content (AvgIpc) is 2.20. The predicted octanol–water partition coefficient (Wildman–Crippen LogP) is 1.79. The lowest BCUT2D eigenvalue weighted by atomic mass is 9.99. The molecule has 0 heterocycles. The van der Waals surface area contributed by atoms with Crippen LogP contribution in [-0.2, 0) is 9.59 Å². The van der Waals surface area contributed by atoms with Crippen LogP contribution in [0.1, 0.15) is 46.0 Å². The number of hydrogen-bond donors (Lipinski definition) is 2. The standard InChI is InChI=1S/C11H21NO3/c1-3-9(4-2)8-10(13)12-7-5-6-11(14)15/h9H,3-8H2,1-2H3,(H,12,13)(H,14,15). The van der Waals surface area contributed by atoms with Crippen molar-refractivity contribution < 1.29 is 14.7 Å². The summed E-state index contributed by atoms with van der Waals surface area (Å²) < 4.78 is 0. The van der Waals surface area contributed by atoms with Crippen LogP contribution in [0.5, 0.6) is 0 Å². The van der Waals surface area contributed by atoms with Gasteiger partial charge in [0, 0.05) is 19.4 Å². The Kier molecular flexibility index (Phi) is 7.68. The van der Waals surface area contributed by atoms with Gasteiger partial charge in [0.1, 0.15) is 0 Å². The highest BCUT2D eigenvalue weighted by molar-refractivity contribution is 5.76. The molecule has 0 spiro atoms. The second-order valence-corrected chi connectivity index (χ2v) is 3.73. The van der Waals surface area contributed by atoms with Crippen LogP contribution in [0, 0.1) is 5.92 Å². The van der Waals surface area contributed by atoms with Crippen LogP contribution in [0.3, 0.4) is 0 Å². The van der Waals surface area contributed by atoms with Crippen molar-refractivity contribution in [3.8, 4) is 0 Å². The SMILES string of the molecule is CCC(CC)CC(=O)NCCCC(=O)O. The first kappa shape index (κ1) is 13.9. The van der Waals surface area contributed by atoms with Gasteiger partial charge in [-0.1, -0.05) is 26.7 Å². The maximum absolute atomic E-state index is 11.4. The minimum absolute atomic E-state index is 0.0362. The summed E-state index contributed by atoms with van der Waals surface area (Å²) in [7, 11) is 0. The van der Waals surface area contributed by atoms with Crippen LogP contribution in [0.4, 0.5) is 0 Å². The summed E-state index contributed by atoms with van der Waals surface area (Å²) in [6.45, 7) is 4.61. The highest BCUT2D eigenvalue weighted by atomic mass is 16.4. The molecule has 0 aliphatic heterocycles. The van der Waals surface area contributed by atoms with Gasteiger partial charge in [-0.2, -0.15) is 0 Å². The van der Waals surface area contributed by atoms with Crippen LogP contribution in [0.15, 0.2) is 0 Å². The van der Waals surface area contributed by atoms with Crippen LogP contribution >= 0.6 is 0 Å². The maximum atomic E-state index is 11.4. The van der Waals surface area contributed by atoms with Crippen molar-refractivity contribution in [2.45, 2.75) is 46.0 Å². The van der Waals surface area contributed by atoms with E-state index in [2.05, 4.69) is 19.2 Å². The van der Waals surface area contributed by atoms with E-state index in [1.807, 2.05) is 0 Å². The molecule has 0 fully saturated rings. The maximum Gasteiger partial charge on any atom is 0.303 e. The van der Waals surface area contributed by atoms with Crippen molar-refractivity contribution in [2.75, 3.05) is 6.54 Å². The molecule has 0 aliphatic carbocycles. The largest absolute Gasteiger partial charge is 0.481 e. The Balaban J connectivity index is 3.52. The summed E-state index contributed by atoms with van der Waals surface area (Å²) in [5, 5.41) is 11.1. The van der Waals surface area contributed by atoms with Gasteiger partial charge in [0.05, 0.1) is 0 Å². The summed E-state index contributed by atoms with van der Waals surface area (Å²) in [6.07, 6.45) is 3.20. The lowest BCUT2D eigenvalue weighted by Crippen LogP contribution is -2.26. The van der Waals surface area contributed by atoms with Crippen LogP contribution in [-0.4, -0.2) is 23.5 Å². The highest BCUT2D eigenvalue weighted by Crippen LogP contribution is 2.11. The van der Waals surface area contributed by atoms with E-state index >= 15 is 0 Å². The van der Waals surface area contributed by atoms with E-state index in [0.717, 1.165) is 12.8 Å². The minimum Gasteiger partial charge on any atom is -0.481 e. The van der Waals surface area contributed by atoms with Crippen LogP contribution < -0.4 is 5.32 Å². The molecule has 0 aliphatic rings. The molecule has 88 valence electrons. The molecule has 0 aromatic rings. The molecule has 0 aromatic carbocycles. The quantitative estimate of drug-likeness (QED) is 0.607. The predicted molar refractivity (Wildman–Crippen MR) is 58.6 cm³/mol. The molecular formula is C11H21NO3. The Labute approximate surface area is 91.1 Å². The summed E-state index contributed by atoms with van der Waals surface area (Å²) >= 11 is 0. The number of rotatable bonds is 8. The number of carbonyl (C=O) groups excluding carboxylic acids is 1. The first-order valence-electron chi connectivity index (χ1n) is 5.58. The molecular weight excluding hydrogens is 194 g/mol. The van der Waals surface area contributed by atoms with Gasteiger partial charge >= 0.3 is 5.97 Å². The summed E-state index contributed by atoms with van der Waals surface area (Å²) in [6, 6.07) is 0. The molecule has 15 heavy (non-hydrogen) atoms. The third kappa shape index (κ3) is 7.97. The highest BCUT2D eigenvalue weighted by Gasteiger charge is 2.09. The number of carboxylic acids is 1. The van der Waals surface area contributed by atoms with Gasteiger partial charge in [-0.25, -0.2) is 0 Å². The average molecular weight is 215 g/mol. The number of aliphatic carboxylic acids is 1. The zero-order valence-electron chi connectivity index (χ0n) is 9.58. The normalized spacial score (nSPS) is 10.3. The van der Waals surface area contributed by atoms with E-state index in [9.17, 15) is 9.59 Å². The van der Waals surface area contributed by atoms with Gasteiger partial charge in [0.15, 0.2) is 0 Å². The number of amides is 1. The van der Waals surface area contributed by atoms with E-state index in [0.29, 0.717) is 25.3 Å². The fraction of sp³-hybridized carbons (Fsp3) is 0.818. The van der Waals surface area contributed by atoms with Crippen molar-refractivity contribution in [1.82, 2.24) is 5.32 Å². The van der Waals surface area contributed by atoms with E-state index in [1.54, 1.807) is 0 Å². The lowest BCUT2D eigenvalue weighted by Gasteiger charge is -2.11. The smallest absolute Gasteiger partial charge is 0.303 e. The van der Waals surface area contributed by atoms with Gasteiger partial charge in [0.25, 0.3) is 0 Å². The Morgan fingerprint density at radius 2 is 1.87 bits per heavy atom. The zero-order chi connectivity index (χ0) is 11.7. The molecule has 4 heteroatoms. The van der Waals surface area contributed by atoms with Gasteiger partial charge < -0.3 is 10.4 Å². The van der Waals surface area contributed by atoms with Crippen LogP contribution in [0.25, 0.3) is 0 Å². The Morgan fingerprint density at radius 1 is 1.27 bits per heavy atom.